The first kappa shape index (κ1) is 23.7. The lowest BCUT2D eigenvalue weighted by Gasteiger charge is -2.47. The predicted molar refractivity (Wildman–Crippen MR) is 132 cm³/mol. The number of aryl methyl sites for hydroxylation is 6. The first-order valence-electron chi connectivity index (χ1n) is 11.1. The zero-order chi connectivity index (χ0) is 24.2. The molecule has 3 N–H and O–H groups in total. The number of aromatic hydroxyl groups is 3. The minimum atomic E-state index is -0.595. The maximum absolute atomic E-state index is 10.5. The molecule has 3 rings (SSSR count). The van der Waals surface area contributed by atoms with E-state index in [0.717, 1.165) is 50.1 Å². The molecule has 0 fully saturated rings. The Bertz CT molecular complexity index is 987. The maximum Gasteiger partial charge on any atom is 0.121 e. The van der Waals surface area contributed by atoms with Crippen molar-refractivity contribution in [3.8, 4) is 17.2 Å². The quantitative estimate of drug-likeness (QED) is 0.389. The highest BCUT2D eigenvalue weighted by Crippen LogP contribution is 2.54. The van der Waals surface area contributed by atoms with Crippen molar-refractivity contribution in [2.45, 2.75) is 67.7 Å². The maximum atomic E-state index is 10.5. The standard InChI is InChI=1S/C29H36O3/c1-16-10-22(11-17(2)25(16)30)29(28(7,8)9,23-12-18(3)26(31)19(4)13-23)24-14-20(5)27(32)21(6)15-24/h10-15,30-32H,1-9H3. The summed E-state index contributed by atoms with van der Waals surface area (Å²) in [6.45, 7) is 18.2. The van der Waals surface area contributed by atoms with Gasteiger partial charge < -0.3 is 15.3 Å². The monoisotopic (exact) mass is 432 g/mol. The van der Waals surface area contributed by atoms with Gasteiger partial charge in [-0.05, 0) is 97.0 Å². The van der Waals surface area contributed by atoms with Gasteiger partial charge in [-0.15, -0.1) is 0 Å². The Morgan fingerprint density at radius 2 is 0.625 bits per heavy atom. The summed E-state index contributed by atoms with van der Waals surface area (Å²) in [5.74, 6) is 0.938. The zero-order valence-corrected chi connectivity index (χ0v) is 20.8. The van der Waals surface area contributed by atoms with Crippen LogP contribution < -0.4 is 0 Å². The van der Waals surface area contributed by atoms with Gasteiger partial charge in [-0.3, -0.25) is 0 Å². The van der Waals surface area contributed by atoms with Gasteiger partial charge in [0.2, 0.25) is 0 Å². The highest BCUT2D eigenvalue weighted by atomic mass is 16.3. The van der Waals surface area contributed by atoms with Gasteiger partial charge in [-0.2, -0.15) is 0 Å². The molecule has 0 amide bonds. The molecule has 0 aliphatic rings. The van der Waals surface area contributed by atoms with E-state index in [1.165, 1.54) is 0 Å². The fourth-order valence-electron chi connectivity index (χ4n) is 5.32. The second-order valence-electron chi connectivity index (χ2n) is 10.4. The first-order chi connectivity index (χ1) is 14.7. The number of rotatable bonds is 3. The fraction of sp³-hybridized carbons (Fsp3) is 0.379. The van der Waals surface area contributed by atoms with E-state index in [9.17, 15) is 15.3 Å². The van der Waals surface area contributed by atoms with Crippen LogP contribution in [0.1, 0.15) is 70.8 Å². The smallest absolute Gasteiger partial charge is 0.121 e. The van der Waals surface area contributed by atoms with Crippen molar-refractivity contribution >= 4 is 0 Å². The molecule has 3 heteroatoms. The normalized spacial score (nSPS) is 12.3. The lowest BCUT2D eigenvalue weighted by molar-refractivity contribution is 0.271. The van der Waals surface area contributed by atoms with E-state index in [-0.39, 0.29) is 5.41 Å². The number of benzene rings is 3. The summed E-state index contributed by atoms with van der Waals surface area (Å²) in [6, 6.07) is 12.4. The van der Waals surface area contributed by atoms with Crippen molar-refractivity contribution in [1.82, 2.24) is 0 Å². The zero-order valence-electron chi connectivity index (χ0n) is 20.8. The van der Waals surface area contributed by atoms with Crippen LogP contribution in [0.5, 0.6) is 17.2 Å². The lowest BCUT2D eigenvalue weighted by Crippen LogP contribution is -2.43. The average molecular weight is 433 g/mol. The Hall–Kier alpha value is -2.94. The molecule has 0 aliphatic heterocycles. The van der Waals surface area contributed by atoms with E-state index in [1.54, 1.807) is 0 Å². The van der Waals surface area contributed by atoms with Crippen molar-refractivity contribution in [2.75, 3.05) is 0 Å². The van der Waals surface area contributed by atoms with Crippen LogP contribution in [0.15, 0.2) is 36.4 Å². The fourth-order valence-corrected chi connectivity index (χ4v) is 5.32. The Morgan fingerprint density at radius 1 is 0.438 bits per heavy atom. The molecule has 0 saturated carbocycles. The van der Waals surface area contributed by atoms with Crippen LogP contribution in [0, 0.1) is 47.0 Å². The third-order valence-electron chi connectivity index (χ3n) is 6.90. The molecule has 0 aliphatic carbocycles. The van der Waals surface area contributed by atoms with Gasteiger partial charge in [0.1, 0.15) is 17.2 Å². The number of hydrogen-bond donors (Lipinski definition) is 3. The summed E-state index contributed by atoms with van der Waals surface area (Å²) >= 11 is 0. The second-order valence-corrected chi connectivity index (χ2v) is 10.4. The number of hydrogen-bond acceptors (Lipinski definition) is 3. The van der Waals surface area contributed by atoms with Gasteiger partial charge in [0.15, 0.2) is 0 Å². The summed E-state index contributed by atoms with van der Waals surface area (Å²) in [5.41, 5.74) is 7.31. The first-order valence-corrected chi connectivity index (χ1v) is 11.1. The molecule has 0 radical (unpaired) electrons. The van der Waals surface area contributed by atoms with Crippen LogP contribution in [0.2, 0.25) is 0 Å². The van der Waals surface area contributed by atoms with Crippen LogP contribution in [-0.2, 0) is 5.41 Å². The number of phenolic OH excluding ortho intramolecular Hbond substituents is 3. The SMILES string of the molecule is Cc1cc(C(c2cc(C)c(O)c(C)c2)(c2cc(C)c(O)c(C)c2)C(C)(C)C)cc(C)c1O. The summed E-state index contributed by atoms with van der Waals surface area (Å²) in [4.78, 5) is 0. The topological polar surface area (TPSA) is 60.7 Å². The minimum absolute atomic E-state index is 0.283. The summed E-state index contributed by atoms with van der Waals surface area (Å²) in [5, 5.41) is 31.6. The third kappa shape index (κ3) is 3.54. The molecular formula is C29H36O3. The van der Waals surface area contributed by atoms with Gasteiger partial charge >= 0.3 is 0 Å². The Morgan fingerprint density at radius 3 is 0.781 bits per heavy atom. The molecular weight excluding hydrogens is 396 g/mol. The van der Waals surface area contributed by atoms with Crippen molar-refractivity contribution in [3.63, 3.8) is 0 Å². The molecule has 3 nitrogen and oxygen atoms in total. The molecule has 170 valence electrons. The molecule has 0 bridgehead atoms. The van der Waals surface area contributed by atoms with Gasteiger partial charge in [0, 0.05) is 5.41 Å². The van der Waals surface area contributed by atoms with Gasteiger partial charge in [-0.1, -0.05) is 57.2 Å². The van der Waals surface area contributed by atoms with Crippen LogP contribution in [0.4, 0.5) is 0 Å². The molecule has 0 atom stereocenters. The summed E-state index contributed by atoms with van der Waals surface area (Å²) < 4.78 is 0. The molecule has 32 heavy (non-hydrogen) atoms. The molecule has 0 spiro atoms. The Balaban J connectivity index is 2.61. The van der Waals surface area contributed by atoms with Crippen LogP contribution in [0.25, 0.3) is 0 Å². The van der Waals surface area contributed by atoms with Crippen LogP contribution in [0.3, 0.4) is 0 Å². The average Bonchev–Trinajstić information content (AvgIpc) is 2.67. The summed E-state index contributed by atoms with van der Waals surface area (Å²) in [6.07, 6.45) is 0. The van der Waals surface area contributed by atoms with Gasteiger partial charge in [0.05, 0.1) is 0 Å². The molecule has 3 aromatic rings. The second kappa shape index (κ2) is 7.88. The van der Waals surface area contributed by atoms with Gasteiger partial charge in [-0.25, -0.2) is 0 Å². The van der Waals surface area contributed by atoms with E-state index in [1.807, 2.05) is 41.5 Å². The highest BCUT2D eigenvalue weighted by molar-refractivity contribution is 5.61. The van der Waals surface area contributed by atoms with Crippen LogP contribution >= 0.6 is 0 Å². The van der Waals surface area contributed by atoms with Crippen molar-refractivity contribution in [1.29, 1.82) is 0 Å². The van der Waals surface area contributed by atoms with E-state index >= 15 is 0 Å². The molecule has 0 aromatic heterocycles. The summed E-state index contributed by atoms with van der Waals surface area (Å²) in [7, 11) is 0. The van der Waals surface area contributed by atoms with E-state index in [4.69, 9.17) is 0 Å². The Kier molecular flexibility index (Phi) is 5.84. The van der Waals surface area contributed by atoms with Gasteiger partial charge in [0.25, 0.3) is 0 Å². The largest absolute Gasteiger partial charge is 0.507 e. The molecule has 3 aromatic carbocycles. The highest BCUT2D eigenvalue weighted by Gasteiger charge is 2.47. The predicted octanol–water partition coefficient (Wildman–Crippen LogP) is 7.03. The Labute approximate surface area is 192 Å². The van der Waals surface area contributed by atoms with E-state index in [2.05, 4.69) is 57.2 Å². The van der Waals surface area contributed by atoms with Crippen molar-refractivity contribution in [2.24, 2.45) is 5.41 Å². The van der Waals surface area contributed by atoms with E-state index in [0.29, 0.717) is 17.2 Å². The van der Waals surface area contributed by atoms with E-state index < -0.39 is 5.41 Å². The third-order valence-corrected chi connectivity index (χ3v) is 6.90. The van der Waals surface area contributed by atoms with Crippen LogP contribution in [-0.4, -0.2) is 15.3 Å². The minimum Gasteiger partial charge on any atom is -0.507 e. The molecule has 0 unspecified atom stereocenters. The molecule has 0 saturated heterocycles. The van der Waals surface area contributed by atoms with Crippen molar-refractivity contribution in [3.05, 3.63) is 86.5 Å². The molecule has 0 heterocycles. The number of phenols is 3. The van der Waals surface area contributed by atoms with Crippen molar-refractivity contribution < 1.29 is 15.3 Å². The lowest BCUT2D eigenvalue weighted by atomic mass is 9.55.